The van der Waals surface area contributed by atoms with Gasteiger partial charge in [0, 0.05) is 0 Å². The number of hydrogen-bond acceptors (Lipinski definition) is 10. The smallest absolute Gasteiger partial charge is 0.397 e. The van der Waals surface area contributed by atoms with Crippen LogP contribution in [0.25, 0.3) is 11.6 Å². The zero-order valence-corrected chi connectivity index (χ0v) is 11.3. The third-order valence-electron chi connectivity index (χ3n) is 2.98. The fourth-order valence-electron chi connectivity index (χ4n) is 1.55. The molecule has 0 aromatic carbocycles. The third-order valence-corrected chi connectivity index (χ3v) is 2.98. The molecule has 2 aromatic heterocycles. The van der Waals surface area contributed by atoms with Crippen molar-refractivity contribution in [3.8, 4) is 11.6 Å². The Morgan fingerprint density at radius 2 is 1.95 bits per heavy atom. The number of aliphatic hydroxyl groups is 3. The van der Waals surface area contributed by atoms with E-state index in [1.54, 1.807) is 0 Å². The zero-order valence-electron chi connectivity index (χ0n) is 11.3. The Kier molecular flexibility index (Phi) is 4.82. The average molecular weight is 314 g/mol. The standard InChI is InChI=1S/C11H14N4O7/c16-4-11(5-17,6-18)12-3-8-13-10(14-22-8)7-1-2-9(21-7)15(19)20/h1-2,12,16-18H,3-6H2. The van der Waals surface area contributed by atoms with Gasteiger partial charge >= 0.3 is 5.88 Å². The van der Waals surface area contributed by atoms with Gasteiger partial charge in [0.2, 0.25) is 11.7 Å². The predicted octanol–water partition coefficient (Wildman–Crippen LogP) is -0.957. The van der Waals surface area contributed by atoms with E-state index in [4.69, 9.17) is 24.3 Å². The number of furan rings is 1. The van der Waals surface area contributed by atoms with Crippen molar-refractivity contribution in [1.82, 2.24) is 15.5 Å². The Hall–Kier alpha value is -2.34. The van der Waals surface area contributed by atoms with Crippen LogP contribution in [0.3, 0.4) is 0 Å². The number of nitrogens with one attached hydrogen (secondary N) is 1. The van der Waals surface area contributed by atoms with Crippen LogP contribution < -0.4 is 5.32 Å². The summed E-state index contributed by atoms with van der Waals surface area (Å²) >= 11 is 0. The molecule has 0 fully saturated rings. The van der Waals surface area contributed by atoms with Crippen molar-refractivity contribution in [2.24, 2.45) is 0 Å². The third kappa shape index (κ3) is 3.28. The Labute approximate surface area is 123 Å². The molecule has 0 saturated heterocycles. The number of nitro groups is 1. The van der Waals surface area contributed by atoms with Gasteiger partial charge in [-0.05, 0) is 6.07 Å². The van der Waals surface area contributed by atoms with Gasteiger partial charge in [-0.1, -0.05) is 5.16 Å². The number of nitrogens with zero attached hydrogens (tertiary/aromatic N) is 3. The van der Waals surface area contributed by atoms with Crippen LogP contribution in [0.5, 0.6) is 0 Å². The number of rotatable bonds is 8. The minimum atomic E-state index is -1.28. The zero-order chi connectivity index (χ0) is 16.2. The molecule has 120 valence electrons. The maximum absolute atomic E-state index is 10.5. The summed E-state index contributed by atoms with van der Waals surface area (Å²) in [5.41, 5.74) is -1.28. The van der Waals surface area contributed by atoms with Crippen molar-refractivity contribution >= 4 is 5.88 Å². The van der Waals surface area contributed by atoms with Gasteiger partial charge in [-0.15, -0.1) is 0 Å². The molecule has 0 atom stereocenters. The molecule has 2 aromatic rings. The molecule has 22 heavy (non-hydrogen) atoms. The molecule has 2 heterocycles. The SMILES string of the molecule is O=[N+]([O-])c1ccc(-c2noc(CNC(CO)(CO)CO)n2)o1. The van der Waals surface area contributed by atoms with Crippen molar-refractivity contribution in [2.75, 3.05) is 19.8 Å². The Balaban J connectivity index is 2.06. The molecule has 0 unspecified atom stereocenters. The number of aromatic nitrogens is 2. The summed E-state index contributed by atoms with van der Waals surface area (Å²) in [6.07, 6.45) is 0. The fraction of sp³-hybridized carbons (Fsp3) is 0.455. The van der Waals surface area contributed by atoms with E-state index in [2.05, 4.69) is 15.5 Å². The van der Waals surface area contributed by atoms with Gasteiger partial charge in [-0.3, -0.25) is 15.4 Å². The molecule has 0 aliphatic heterocycles. The van der Waals surface area contributed by atoms with Crippen LogP contribution >= 0.6 is 0 Å². The van der Waals surface area contributed by atoms with E-state index in [1.807, 2.05) is 0 Å². The van der Waals surface area contributed by atoms with E-state index in [0.717, 1.165) is 6.07 Å². The second kappa shape index (κ2) is 6.62. The summed E-state index contributed by atoms with van der Waals surface area (Å²) < 4.78 is 9.85. The molecule has 2 rings (SSSR count). The average Bonchev–Trinajstić information content (AvgIpc) is 3.18. The summed E-state index contributed by atoms with van der Waals surface area (Å²) in [5.74, 6) is -0.264. The van der Waals surface area contributed by atoms with Crippen LogP contribution in [-0.4, -0.2) is 55.7 Å². The molecule has 0 aliphatic carbocycles. The highest BCUT2D eigenvalue weighted by Crippen LogP contribution is 2.23. The van der Waals surface area contributed by atoms with Crippen LogP contribution in [0.15, 0.2) is 21.1 Å². The quantitative estimate of drug-likeness (QED) is 0.352. The van der Waals surface area contributed by atoms with Gasteiger partial charge in [0.1, 0.15) is 4.92 Å². The van der Waals surface area contributed by atoms with E-state index < -0.39 is 36.2 Å². The van der Waals surface area contributed by atoms with Crippen LogP contribution in [0.1, 0.15) is 5.89 Å². The molecule has 0 amide bonds. The molecule has 4 N–H and O–H groups in total. The van der Waals surface area contributed by atoms with Gasteiger partial charge in [0.25, 0.3) is 0 Å². The highest BCUT2D eigenvalue weighted by Gasteiger charge is 2.28. The summed E-state index contributed by atoms with van der Waals surface area (Å²) in [4.78, 5) is 13.8. The summed E-state index contributed by atoms with van der Waals surface area (Å²) in [6.45, 7) is -1.51. The van der Waals surface area contributed by atoms with E-state index >= 15 is 0 Å². The first-order valence-electron chi connectivity index (χ1n) is 6.18. The van der Waals surface area contributed by atoms with Crippen molar-refractivity contribution in [3.05, 3.63) is 28.1 Å². The van der Waals surface area contributed by atoms with Gasteiger partial charge in [0.05, 0.1) is 38.0 Å². The lowest BCUT2D eigenvalue weighted by atomic mass is 10.0. The lowest BCUT2D eigenvalue weighted by molar-refractivity contribution is -0.401. The van der Waals surface area contributed by atoms with Crippen LogP contribution in [0.2, 0.25) is 0 Å². The predicted molar refractivity (Wildman–Crippen MR) is 69.5 cm³/mol. The van der Waals surface area contributed by atoms with Crippen LogP contribution in [0.4, 0.5) is 5.88 Å². The molecule has 0 spiro atoms. The maximum Gasteiger partial charge on any atom is 0.433 e. The maximum atomic E-state index is 10.5. The van der Waals surface area contributed by atoms with Crippen LogP contribution in [-0.2, 0) is 6.54 Å². The molecular formula is C11H14N4O7. The van der Waals surface area contributed by atoms with E-state index in [-0.39, 0.29) is 24.0 Å². The highest BCUT2D eigenvalue weighted by atomic mass is 16.6. The van der Waals surface area contributed by atoms with Gasteiger partial charge in [0.15, 0.2) is 5.76 Å². The largest absolute Gasteiger partial charge is 0.433 e. The van der Waals surface area contributed by atoms with Gasteiger partial charge < -0.3 is 24.3 Å². The summed E-state index contributed by atoms with van der Waals surface area (Å²) in [6, 6.07) is 2.50. The second-order valence-electron chi connectivity index (χ2n) is 4.51. The fourth-order valence-corrected chi connectivity index (χ4v) is 1.55. The molecule has 0 bridgehead atoms. The lowest BCUT2D eigenvalue weighted by Crippen LogP contribution is -2.54. The first-order chi connectivity index (χ1) is 10.5. The van der Waals surface area contributed by atoms with Crippen molar-refractivity contribution < 1.29 is 29.2 Å². The first kappa shape index (κ1) is 16.0. The van der Waals surface area contributed by atoms with Crippen LogP contribution in [0, 0.1) is 10.1 Å². The number of hydrogen-bond donors (Lipinski definition) is 4. The molecular weight excluding hydrogens is 300 g/mol. The van der Waals surface area contributed by atoms with Gasteiger partial charge in [-0.2, -0.15) is 4.98 Å². The Morgan fingerprint density at radius 3 is 2.50 bits per heavy atom. The van der Waals surface area contributed by atoms with Gasteiger partial charge in [-0.25, -0.2) is 0 Å². The minimum Gasteiger partial charge on any atom is -0.397 e. The second-order valence-corrected chi connectivity index (χ2v) is 4.51. The Morgan fingerprint density at radius 1 is 1.27 bits per heavy atom. The monoisotopic (exact) mass is 314 g/mol. The lowest BCUT2D eigenvalue weighted by Gasteiger charge is -2.27. The van der Waals surface area contributed by atoms with E-state index in [1.165, 1.54) is 6.07 Å². The molecule has 11 heteroatoms. The molecule has 0 aliphatic rings. The topological polar surface area (TPSA) is 168 Å². The highest BCUT2D eigenvalue weighted by molar-refractivity contribution is 5.47. The summed E-state index contributed by atoms with van der Waals surface area (Å²) in [5, 5.41) is 44.3. The van der Waals surface area contributed by atoms with E-state index in [9.17, 15) is 10.1 Å². The molecule has 0 saturated carbocycles. The normalized spacial score (nSPS) is 11.8. The Bertz CT molecular complexity index is 626. The summed E-state index contributed by atoms with van der Waals surface area (Å²) in [7, 11) is 0. The molecule has 11 nitrogen and oxygen atoms in total. The van der Waals surface area contributed by atoms with E-state index in [0.29, 0.717) is 0 Å². The number of aliphatic hydroxyl groups excluding tert-OH is 3. The minimum absolute atomic E-state index is 0.0208. The molecule has 0 radical (unpaired) electrons. The van der Waals surface area contributed by atoms with Crippen molar-refractivity contribution in [2.45, 2.75) is 12.1 Å². The van der Waals surface area contributed by atoms with Crippen molar-refractivity contribution in [1.29, 1.82) is 0 Å². The first-order valence-corrected chi connectivity index (χ1v) is 6.18. The van der Waals surface area contributed by atoms with Crippen molar-refractivity contribution in [3.63, 3.8) is 0 Å².